The van der Waals surface area contributed by atoms with Crippen molar-refractivity contribution in [1.82, 2.24) is 9.97 Å². The van der Waals surface area contributed by atoms with Crippen molar-refractivity contribution < 1.29 is 19.4 Å². The van der Waals surface area contributed by atoms with E-state index in [4.69, 9.17) is 20.9 Å². The van der Waals surface area contributed by atoms with Gasteiger partial charge in [0.15, 0.2) is 5.82 Å². The van der Waals surface area contributed by atoms with Crippen LogP contribution >= 0.6 is 0 Å². The maximum atomic E-state index is 11.9. The second kappa shape index (κ2) is 8.12. The number of rotatable bonds is 6. The van der Waals surface area contributed by atoms with Crippen molar-refractivity contribution >= 4 is 23.6 Å². The van der Waals surface area contributed by atoms with Crippen LogP contribution in [0.5, 0.6) is 0 Å². The number of hydrogen-bond acceptors (Lipinski definition) is 9. The molecule has 148 valence electrons. The van der Waals surface area contributed by atoms with E-state index in [0.29, 0.717) is 5.57 Å². The SMILES string of the molecule is C=CN(c1nc(N)[nH]c(=O)c1N)[C@H]1C[C@H](OC(=O)OC(C)C)[C@@H](CO)C1=C. The van der Waals surface area contributed by atoms with Crippen LogP contribution in [0.3, 0.4) is 0 Å². The monoisotopic (exact) mass is 379 g/mol. The molecule has 1 aliphatic carbocycles. The van der Waals surface area contributed by atoms with Crippen molar-refractivity contribution in [2.24, 2.45) is 5.92 Å². The molecule has 3 atom stereocenters. The standard InChI is InChI=1S/C17H25N5O5/c1-5-22(14-13(18)15(24)21-16(19)20-14)11-6-12(10(7-23)9(11)4)27-17(25)26-8(2)3/h5,8,10-12,23H,1,4,6-7,18H2,2-3H3,(H3,19,20,21,24)/t10-,11-,12-/m0/s1. The molecule has 0 amide bonds. The van der Waals surface area contributed by atoms with Gasteiger partial charge >= 0.3 is 6.16 Å². The fourth-order valence-corrected chi connectivity index (χ4v) is 3.07. The van der Waals surface area contributed by atoms with Gasteiger partial charge in [-0.25, -0.2) is 4.79 Å². The average molecular weight is 379 g/mol. The zero-order chi connectivity index (χ0) is 20.3. The number of H-pyrrole nitrogens is 1. The van der Waals surface area contributed by atoms with Crippen molar-refractivity contribution in [2.75, 3.05) is 23.0 Å². The van der Waals surface area contributed by atoms with Crippen molar-refractivity contribution in [3.63, 3.8) is 0 Å². The zero-order valence-electron chi connectivity index (χ0n) is 15.3. The van der Waals surface area contributed by atoms with Crippen LogP contribution in [-0.4, -0.2) is 46.1 Å². The summed E-state index contributed by atoms with van der Waals surface area (Å²) >= 11 is 0. The van der Waals surface area contributed by atoms with Gasteiger partial charge in [0.1, 0.15) is 11.8 Å². The second-order valence-corrected chi connectivity index (χ2v) is 6.47. The Morgan fingerprint density at radius 1 is 1.52 bits per heavy atom. The lowest BCUT2D eigenvalue weighted by molar-refractivity contribution is -0.00799. The lowest BCUT2D eigenvalue weighted by atomic mass is 10.0. The first-order valence-electron chi connectivity index (χ1n) is 8.42. The van der Waals surface area contributed by atoms with Crippen molar-refractivity contribution in [3.8, 4) is 0 Å². The van der Waals surface area contributed by atoms with Crippen LogP contribution in [0.1, 0.15) is 20.3 Å². The van der Waals surface area contributed by atoms with E-state index in [1.54, 1.807) is 13.8 Å². The summed E-state index contributed by atoms with van der Waals surface area (Å²) in [4.78, 5) is 31.7. The quantitative estimate of drug-likeness (QED) is 0.413. The molecular weight excluding hydrogens is 354 g/mol. The maximum Gasteiger partial charge on any atom is 0.508 e. The number of aromatic nitrogens is 2. The van der Waals surface area contributed by atoms with Crippen LogP contribution in [-0.2, 0) is 9.47 Å². The van der Waals surface area contributed by atoms with E-state index in [1.165, 1.54) is 11.1 Å². The summed E-state index contributed by atoms with van der Waals surface area (Å²) in [5, 5.41) is 9.73. The number of nitrogens with zero attached hydrogens (tertiary/aromatic N) is 2. The molecular formula is C17H25N5O5. The molecule has 10 nitrogen and oxygen atoms in total. The van der Waals surface area contributed by atoms with Gasteiger partial charge in [-0.15, -0.1) is 0 Å². The van der Waals surface area contributed by atoms with E-state index in [1.807, 2.05) is 0 Å². The number of carbonyl (C=O) groups is 1. The molecule has 1 fully saturated rings. The summed E-state index contributed by atoms with van der Waals surface area (Å²) < 4.78 is 10.3. The molecule has 27 heavy (non-hydrogen) atoms. The lowest BCUT2D eigenvalue weighted by Crippen LogP contribution is -2.33. The summed E-state index contributed by atoms with van der Waals surface area (Å²) in [5.41, 5.74) is 11.3. The summed E-state index contributed by atoms with van der Waals surface area (Å²) in [6.45, 7) is 10.9. The molecule has 1 aromatic rings. The van der Waals surface area contributed by atoms with Crippen LogP contribution in [0.25, 0.3) is 0 Å². The minimum Gasteiger partial charge on any atom is -0.432 e. The molecule has 0 saturated heterocycles. The number of aromatic amines is 1. The first-order chi connectivity index (χ1) is 12.7. The molecule has 0 aliphatic heterocycles. The maximum absolute atomic E-state index is 11.9. The Kier molecular flexibility index (Phi) is 6.11. The van der Waals surface area contributed by atoms with Crippen LogP contribution in [0.2, 0.25) is 0 Å². The van der Waals surface area contributed by atoms with E-state index in [0.717, 1.165) is 0 Å². The van der Waals surface area contributed by atoms with Gasteiger partial charge in [-0.05, 0) is 25.6 Å². The summed E-state index contributed by atoms with van der Waals surface area (Å²) in [5.74, 6) is -0.510. The summed E-state index contributed by atoms with van der Waals surface area (Å²) in [6.07, 6.45) is -0.127. The number of carbonyl (C=O) groups excluding carboxylic acids is 1. The Bertz CT molecular complexity index is 790. The Balaban J connectivity index is 2.31. The number of aliphatic hydroxyl groups is 1. The molecule has 10 heteroatoms. The first-order valence-corrected chi connectivity index (χ1v) is 8.42. The van der Waals surface area contributed by atoms with Gasteiger partial charge in [-0.1, -0.05) is 13.2 Å². The van der Waals surface area contributed by atoms with Gasteiger partial charge in [-0.2, -0.15) is 4.98 Å². The van der Waals surface area contributed by atoms with Gasteiger partial charge in [0, 0.05) is 12.3 Å². The normalized spacial score (nSPS) is 21.9. The number of nitrogens with two attached hydrogens (primary N) is 2. The van der Waals surface area contributed by atoms with Crippen molar-refractivity contribution in [2.45, 2.75) is 38.5 Å². The number of nitrogens with one attached hydrogen (secondary N) is 1. The largest absolute Gasteiger partial charge is 0.508 e. The highest BCUT2D eigenvalue weighted by molar-refractivity contribution is 5.66. The van der Waals surface area contributed by atoms with Crippen LogP contribution in [0.4, 0.5) is 22.2 Å². The number of ether oxygens (including phenoxy) is 2. The number of aliphatic hydroxyl groups excluding tert-OH is 1. The minimum atomic E-state index is -0.829. The van der Waals surface area contributed by atoms with Crippen molar-refractivity contribution in [3.05, 3.63) is 35.3 Å². The van der Waals surface area contributed by atoms with Gasteiger partial charge in [0.05, 0.1) is 18.8 Å². The highest BCUT2D eigenvalue weighted by Crippen LogP contribution is 2.38. The van der Waals surface area contributed by atoms with Gasteiger partial charge in [0.2, 0.25) is 5.95 Å². The summed E-state index contributed by atoms with van der Waals surface area (Å²) in [7, 11) is 0. The molecule has 0 unspecified atom stereocenters. The Hall–Kier alpha value is -3.01. The fraction of sp³-hybridized carbons (Fsp3) is 0.471. The second-order valence-electron chi connectivity index (χ2n) is 6.47. The predicted octanol–water partition coefficient (Wildman–Crippen LogP) is 0.751. The first kappa shape index (κ1) is 20.3. The Labute approximate surface area is 156 Å². The minimum absolute atomic E-state index is 0.105. The van der Waals surface area contributed by atoms with E-state index in [9.17, 15) is 14.7 Å². The number of nitrogen functional groups attached to an aromatic ring is 2. The molecule has 1 saturated carbocycles. The molecule has 1 heterocycles. The molecule has 1 aliphatic rings. The Morgan fingerprint density at radius 3 is 2.74 bits per heavy atom. The predicted molar refractivity (Wildman–Crippen MR) is 101 cm³/mol. The molecule has 0 spiro atoms. The fourth-order valence-electron chi connectivity index (χ4n) is 3.07. The van der Waals surface area contributed by atoms with E-state index >= 15 is 0 Å². The number of anilines is 3. The van der Waals surface area contributed by atoms with Gasteiger partial charge < -0.3 is 30.9 Å². The third kappa shape index (κ3) is 4.22. The molecule has 0 bridgehead atoms. The lowest BCUT2D eigenvalue weighted by Gasteiger charge is -2.28. The molecule has 0 aromatic carbocycles. The third-order valence-corrected chi connectivity index (χ3v) is 4.32. The van der Waals surface area contributed by atoms with Crippen molar-refractivity contribution in [1.29, 1.82) is 0 Å². The highest BCUT2D eigenvalue weighted by Gasteiger charge is 2.43. The smallest absolute Gasteiger partial charge is 0.432 e. The number of hydrogen-bond donors (Lipinski definition) is 4. The van der Waals surface area contributed by atoms with Gasteiger partial charge in [0.25, 0.3) is 5.56 Å². The Morgan fingerprint density at radius 2 is 2.19 bits per heavy atom. The molecule has 1 aromatic heterocycles. The highest BCUT2D eigenvalue weighted by atomic mass is 16.7. The molecule has 6 N–H and O–H groups in total. The van der Waals surface area contributed by atoms with Crippen LogP contribution < -0.4 is 21.9 Å². The van der Waals surface area contributed by atoms with Crippen LogP contribution in [0, 0.1) is 5.92 Å². The van der Waals surface area contributed by atoms with E-state index in [2.05, 4.69) is 23.1 Å². The zero-order valence-corrected chi connectivity index (χ0v) is 15.3. The van der Waals surface area contributed by atoms with Gasteiger partial charge in [-0.3, -0.25) is 9.78 Å². The molecule has 2 rings (SSSR count). The van der Waals surface area contributed by atoms with E-state index < -0.39 is 29.8 Å². The average Bonchev–Trinajstić information content (AvgIpc) is 2.87. The van der Waals surface area contributed by atoms with Crippen LogP contribution in [0.15, 0.2) is 29.7 Å². The third-order valence-electron chi connectivity index (χ3n) is 4.32. The molecule has 0 radical (unpaired) electrons. The van der Waals surface area contributed by atoms with E-state index in [-0.39, 0.29) is 36.6 Å². The topological polar surface area (TPSA) is 157 Å². The summed E-state index contributed by atoms with van der Waals surface area (Å²) in [6, 6.07) is -0.465.